The van der Waals surface area contributed by atoms with Gasteiger partial charge in [0.25, 0.3) is 11.8 Å². The van der Waals surface area contributed by atoms with E-state index in [4.69, 9.17) is 60.1 Å². The van der Waals surface area contributed by atoms with Crippen LogP contribution in [0.25, 0.3) is 22.1 Å². The molecule has 0 saturated heterocycles. The summed E-state index contributed by atoms with van der Waals surface area (Å²) in [4.78, 5) is 23.5. The Hall–Kier alpha value is -5.75. The predicted molar refractivity (Wildman–Crippen MR) is 244 cm³/mol. The number of benzene rings is 1. The lowest BCUT2D eigenvalue weighted by atomic mass is 9.92. The Bertz CT molecular complexity index is 2750. The van der Waals surface area contributed by atoms with Crippen LogP contribution in [0.1, 0.15) is 87.6 Å². The third kappa shape index (κ3) is 12.7. The first-order chi connectivity index (χ1) is 32.0. The number of hydrogen-bond acceptors (Lipinski definition) is 14. The molecule has 9 rings (SSSR count). The average molecular weight is 1010 g/mol. The molecule has 2 aliphatic carbocycles. The molecule has 16 nitrogen and oxygen atoms in total. The number of nitrogens with zero attached hydrogens (tertiary/aromatic N) is 10. The normalized spacial score (nSPS) is 18.4. The van der Waals surface area contributed by atoms with Crippen LogP contribution in [-0.4, -0.2) is 71.7 Å². The first kappa shape index (κ1) is 51.6. The van der Waals surface area contributed by atoms with Crippen LogP contribution >= 0.6 is 34.4 Å². The van der Waals surface area contributed by atoms with E-state index in [0.717, 1.165) is 80.7 Å². The van der Waals surface area contributed by atoms with Crippen molar-refractivity contribution in [2.45, 2.75) is 102 Å². The highest BCUT2D eigenvalue weighted by atomic mass is 35.6. The molecule has 4 atom stereocenters. The van der Waals surface area contributed by atoms with Gasteiger partial charge in [0, 0.05) is 24.5 Å². The minimum absolute atomic E-state index is 0. The van der Waals surface area contributed by atoms with Crippen molar-refractivity contribution in [3.05, 3.63) is 96.3 Å². The maximum absolute atomic E-state index is 13.2. The largest absolute Gasteiger partial charge is 0.450 e. The van der Waals surface area contributed by atoms with E-state index in [-0.39, 0.29) is 66.2 Å². The number of fused-ring (bicyclic) bond motifs is 2. The summed E-state index contributed by atoms with van der Waals surface area (Å²) >= 11 is 14.4. The van der Waals surface area contributed by atoms with Gasteiger partial charge in [0.1, 0.15) is 35.1 Å². The van der Waals surface area contributed by atoms with Gasteiger partial charge >= 0.3 is 17.3 Å². The smallest absolute Gasteiger partial charge is 0.418 e. The van der Waals surface area contributed by atoms with E-state index in [2.05, 4.69) is 40.1 Å². The summed E-state index contributed by atoms with van der Waals surface area (Å²) in [7, 11) is 0. The van der Waals surface area contributed by atoms with E-state index in [0.29, 0.717) is 36.1 Å². The maximum atomic E-state index is 13.2. The standard InChI is InChI=1S/C24H23F3N6O2.C17H17F3N6O2.CH4.BCl3/c25-24(26,27)16-10-11-29-19(12-16)35-23-20-21(28)30-14-31-22(20)33(32-23)17-8-4-5-9-18(17)34-13-15-6-2-1-3-7-15;18-17(19,20)9-5-6-22-12(7-9)28-16-13-14(21)23-8-24-15(13)26(25-16)10-3-1-2-4-11(10)27;;2-1(3)4/h1-3,6-7,10-12,14,17-18H,4-5,8-9,13H2,(H2,28,30,31);5-8,10-11,27H,1-4H2,(H2,21,23,24);1H4;/t17?,18-;10?,11-;;/m11../s1. The molecule has 1 aromatic carbocycles. The number of nitrogens with two attached hydrogens (primary N) is 2. The first-order valence-corrected chi connectivity index (χ1v) is 21.9. The Kier molecular flexibility index (Phi) is 17.1. The SMILES string of the molecule is C.ClB(Cl)Cl.Nc1ncnc2c1c(Oc1cc(C(F)(F)F)ccn1)nn2C1CCCC[C@H]1O.Nc1ncnc2c1c(Oc1cc(C(F)(F)F)ccn1)nn2C1CCCC[C@H]1OCc1ccccc1. The molecule has 362 valence electrons. The zero-order valence-corrected chi connectivity index (χ0v) is 37.2. The Morgan fingerprint density at radius 2 is 1.10 bits per heavy atom. The molecule has 0 radical (unpaired) electrons. The molecular formula is C42H44BCl3F6N12O4. The Morgan fingerprint density at radius 3 is 1.59 bits per heavy atom. The highest BCUT2D eigenvalue weighted by Crippen LogP contribution is 2.40. The fourth-order valence-corrected chi connectivity index (χ4v) is 7.72. The molecule has 2 aliphatic rings. The molecular weight excluding hydrogens is 968 g/mol. The molecule has 2 fully saturated rings. The molecule has 0 amide bonds. The lowest BCUT2D eigenvalue weighted by molar-refractivity contribution is -0.138. The molecule has 2 saturated carbocycles. The number of nitrogen functional groups attached to an aromatic ring is 2. The van der Waals surface area contributed by atoms with Gasteiger partial charge in [-0.2, -0.15) is 60.7 Å². The fraction of sp³-hybridized carbons (Fsp3) is 0.381. The van der Waals surface area contributed by atoms with Gasteiger partial charge in [0.2, 0.25) is 11.8 Å². The van der Waals surface area contributed by atoms with Gasteiger partial charge in [-0.25, -0.2) is 39.3 Å². The fourth-order valence-electron chi connectivity index (χ4n) is 7.72. The molecule has 26 heteroatoms. The number of halogens is 9. The van der Waals surface area contributed by atoms with Gasteiger partial charge in [0.05, 0.1) is 42.0 Å². The summed E-state index contributed by atoms with van der Waals surface area (Å²) in [6.45, 7) is 0.454. The number of aromatic nitrogens is 10. The van der Waals surface area contributed by atoms with Gasteiger partial charge in [-0.1, -0.05) is 63.4 Å². The van der Waals surface area contributed by atoms with Gasteiger partial charge in [-0.05, 0) is 43.4 Å². The van der Waals surface area contributed by atoms with Crippen molar-refractivity contribution >= 4 is 73.0 Å². The molecule has 7 aromatic rings. The Morgan fingerprint density at radius 1 is 0.647 bits per heavy atom. The van der Waals surface area contributed by atoms with Gasteiger partial charge in [0.15, 0.2) is 11.3 Å². The van der Waals surface area contributed by atoms with Crippen molar-refractivity contribution in [1.82, 2.24) is 49.5 Å². The Labute approximate surface area is 400 Å². The van der Waals surface area contributed by atoms with Crippen LogP contribution in [0.5, 0.6) is 23.5 Å². The highest BCUT2D eigenvalue weighted by molar-refractivity contribution is 7.54. The van der Waals surface area contributed by atoms with Crippen molar-refractivity contribution in [2.75, 3.05) is 11.5 Å². The molecule has 0 bridgehead atoms. The van der Waals surface area contributed by atoms with E-state index in [1.165, 1.54) is 17.3 Å². The molecule has 6 heterocycles. The van der Waals surface area contributed by atoms with Crippen LogP contribution < -0.4 is 20.9 Å². The van der Waals surface area contributed by atoms with Crippen molar-refractivity contribution in [3.8, 4) is 23.5 Å². The summed E-state index contributed by atoms with van der Waals surface area (Å²) in [6.07, 6.45) is 1.55. The number of ether oxygens (including phenoxy) is 3. The summed E-state index contributed by atoms with van der Waals surface area (Å²) in [5.74, 6) is -0.414. The van der Waals surface area contributed by atoms with Crippen molar-refractivity contribution in [1.29, 1.82) is 0 Å². The minimum atomic E-state index is -4.53. The van der Waals surface area contributed by atoms with Gasteiger partial charge in [-0.15, -0.1) is 10.2 Å². The minimum Gasteiger partial charge on any atom is -0.418 e. The number of anilines is 2. The lowest BCUT2D eigenvalue weighted by Crippen LogP contribution is -2.31. The summed E-state index contributed by atoms with van der Waals surface area (Å²) < 4.78 is 99.0. The molecule has 2 unspecified atom stereocenters. The summed E-state index contributed by atoms with van der Waals surface area (Å²) in [6, 6.07) is 12.7. The van der Waals surface area contributed by atoms with Crippen molar-refractivity contribution < 1.29 is 45.7 Å². The van der Waals surface area contributed by atoms with Crippen LogP contribution in [0.3, 0.4) is 0 Å². The molecule has 0 spiro atoms. The van der Waals surface area contributed by atoms with Crippen LogP contribution in [0.4, 0.5) is 38.0 Å². The number of aliphatic hydroxyl groups is 1. The van der Waals surface area contributed by atoms with Gasteiger partial charge in [-0.3, -0.25) is 0 Å². The second-order valence-corrected chi connectivity index (χ2v) is 17.2. The van der Waals surface area contributed by atoms with E-state index in [9.17, 15) is 31.4 Å². The third-order valence-corrected chi connectivity index (χ3v) is 10.8. The number of hydrogen-bond donors (Lipinski definition) is 3. The average Bonchev–Trinajstić information content (AvgIpc) is 3.85. The first-order valence-electron chi connectivity index (χ1n) is 20.6. The topological polar surface area (TPSA) is 213 Å². The number of pyridine rings is 2. The second kappa shape index (κ2) is 22.6. The summed E-state index contributed by atoms with van der Waals surface area (Å²) in [5.41, 5.74) is 12.1. The van der Waals surface area contributed by atoms with Crippen LogP contribution in [0.2, 0.25) is 0 Å². The number of aliphatic hydroxyl groups excluding tert-OH is 1. The van der Waals surface area contributed by atoms with E-state index in [1.807, 2.05) is 30.3 Å². The van der Waals surface area contributed by atoms with Gasteiger partial charge < -0.3 is 30.8 Å². The van der Waals surface area contributed by atoms with Crippen LogP contribution in [-0.2, 0) is 23.7 Å². The second-order valence-electron chi connectivity index (χ2n) is 15.2. The number of rotatable bonds is 9. The van der Waals surface area contributed by atoms with Crippen molar-refractivity contribution in [2.24, 2.45) is 0 Å². The molecule has 68 heavy (non-hydrogen) atoms. The van der Waals surface area contributed by atoms with Crippen LogP contribution in [0.15, 0.2) is 79.6 Å². The lowest BCUT2D eigenvalue weighted by Gasteiger charge is -2.31. The van der Waals surface area contributed by atoms with Crippen molar-refractivity contribution in [3.63, 3.8) is 0 Å². The zero-order valence-electron chi connectivity index (χ0n) is 35.0. The zero-order chi connectivity index (χ0) is 47.9. The number of alkyl halides is 6. The third-order valence-electron chi connectivity index (χ3n) is 10.8. The molecule has 6 aromatic heterocycles. The summed E-state index contributed by atoms with van der Waals surface area (Å²) in [5, 5.41) is 19.9. The van der Waals surface area contributed by atoms with Crippen LogP contribution in [0, 0.1) is 0 Å². The van der Waals surface area contributed by atoms with E-state index < -0.39 is 34.5 Å². The highest BCUT2D eigenvalue weighted by Gasteiger charge is 2.35. The monoisotopic (exact) mass is 1010 g/mol. The maximum Gasteiger partial charge on any atom is 0.450 e. The van der Waals surface area contributed by atoms with E-state index in [1.54, 1.807) is 4.68 Å². The van der Waals surface area contributed by atoms with E-state index >= 15 is 0 Å². The quantitative estimate of drug-likeness (QED) is 0.0907. The molecule has 0 aliphatic heterocycles. The Balaban J connectivity index is 0.000000209. The predicted octanol–water partition coefficient (Wildman–Crippen LogP) is 10.7. The molecule has 5 N–H and O–H groups in total.